The second-order valence-electron chi connectivity index (χ2n) is 5.50. The second-order valence-corrected chi connectivity index (χ2v) is 5.50. The van der Waals surface area contributed by atoms with Gasteiger partial charge >= 0.3 is 5.97 Å². The maximum Gasteiger partial charge on any atom is 0.337 e. The van der Waals surface area contributed by atoms with Gasteiger partial charge in [-0.25, -0.2) is 4.79 Å². The van der Waals surface area contributed by atoms with Crippen molar-refractivity contribution < 1.29 is 19.5 Å². The molecule has 1 heterocycles. The molecule has 0 saturated carbocycles. The molecule has 0 fully saturated rings. The Morgan fingerprint density at radius 2 is 1.73 bits per heavy atom. The first-order chi connectivity index (χ1) is 12.5. The van der Waals surface area contributed by atoms with Gasteiger partial charge < -0.3 is 5.11 Å². The molecular formula is C18H14N4O4. The monoisotopic (exact) mass is 350 g/mol. The van der Waals surface area contributed by atoms with Gasteiger partial charge in [0.1, 0.15) is 0 Å². The molecule has 0 aromatic heterocycles. The molecule has 0 spiro atoms. The normalized spacial score (nSPS) is 16.8. The Kier molecular flexibility index (Phi) is 4.66. The molecule has 1 aliphatic heterocycles. The highest BCUT2D eigenvalue weighted by Crippen LogP contribution is 2.22. The van der Waals surface area contributed by atoms with Gasteiger partial charge in [-0.1, -0.05) is 30.3 Å². The molecule has 8 nitrogen and oxygen atoms in total. The van der Waals surface area contributed by atoms with Gasteiger partial charge in [-0.05, 0) is 31.2 Å². The standard InChI is InChI=1S/C18H14N4O4/c1-11-15(20-19-14-10-6-5-9-13(14)18(25)26)17(24)22(21-11)16(23)12-7-3-2-4-8-12/h2-10,15H,1H3,(H,25,26)/t15-/m1/s1. The number of rotatable bonds is 4. The minimum absolute atomic E-state index is 0.0338. The van der Waals surface area contributed by atoms with E-state index in [2.05, 4.69) is 15.3 Å². The largest absolute Gasteiger partial charge is 0.478 e. The van der Waals surface area contributed by atoms with Crippen LogP contribution in [-0.2, 0) is 4.79 Å². The third-order valence-corrected chi connectivity index (χ3v) is 3.72. The summed E-state index contributed by atoms with van der Waals surface area (Å²) in [5, 5.41) is 21.7. The molecule has 1 aliphatic rings. The number of carboxylic acids is 1. The number of aromatic carboxylic acids is 1. The molecule has 1 N–H and O–H groups in total. The quantitative estimate of drug-likeness (QED) is 0.675. The number of hydrazone groups is 1. The fourth-order valence-corrected chi connectivity index (χ4v) is 2.40. The van der Waals surface area contributed by atoms with Gasteiger partial charge in [0.2, 0.25) is 0 Å². The Labute approximate surface area is 148 Å². The van der Waals surface area contributed by atoms with E-state index in [9.17, 15) is 14.4 Å². The van der Waals surface area contributed by atoms with Crippen molar-refractivity contribution >= 4 is 29.2 Å². The zero-order valence-electron chi connectivity index (χ0n) is 13.7. The Bertz CT molecular complexity index is 937. The number of carboxylic acid groups (broad SMARTS) is 1. The third kappa shape index (κ3) is 3.25. The van der Waals surface area contributed by atoms with Crippen LogP contribution >= 0.6 is 0 Å². The van der Waals surface area contributed by atoms with Crippen molar-refractivity contribution in [3.8, 4) is 0 Å². The van der Waals surface area contributed by atoms with Gasteiger partial charge in [-0.15, -0.1) is 0 Å². The lowest BCUT2D eigenvalue weighted by Gasteiger charge is -2.10. The average Bonchev–Trinajstić information content (AvgIpc) is 2.94. The van der Waals surface area contributed by atoms with Gasteiger partial charge in [0.25, 0.3) is 11.8 Å². The number of carbonyl (C=O) groups excluding carboxylic acids is 2. The van der Waals surface area contributed by atoms with E-state index in [1.165, 1.54) is 12.1 Å². The van der Waals surface area contributed by atoms with Crippen molar-refractivity contribution in [1.82, 2.24) is 5.01 Å². The maximum atomic E-state index is 12.5. The summed E-state index contributed by atoms with van der Waals surface area (Å²) in [6.45, 7) is 1.56. The summed E-state index contributed by atoms with van der Waals surface area (Å²) < 4.78 is 0. The number of benzene rings is 2. The Morgan fingerprint density at radius 1 is 1.08 bits per heavy atom. The Balaban J connectivity index is 1.83. The molecule has 2 amide bonds. The van der Waals surface area contributed by atoms with E-state index in [4.69, 9.17) is 5.11 Å². The molecule has 0 radical (unpaired) electrons. The molecule has 0 bridgehead atoms. The predicted molar refractivity (Wildman–Crippen MR) is 92.4 cm³/mol. The average molecular weight is 350 g/mol. The number of nitrogens with zero attached hydrogens (tertiary/aromatic N) is 4. The lowest BCUT2D eigenvalue weighted by molar-refractivity contribution is -0.127. The number of amides is 2. The second kappa shape index (κ2) is 7.06. The van der Waals surface area contributed by atoms with E-state index in [1.807, 2.05) is 0 Å². The number of imide groups is 1. The minimum Gasteiger partial charge on any atom is -0.478 e. The van der Waals surface area contributed by atoms with Crippen molar-refractivity contribution in [2.75, 3.05) is 0 Å². The SMILES string of the molecule is CC1=NN(C(=O)c2ccccc2)C(=O)[C@@H]1N=Nc1ccccc1C(=O)O. The van der Waals surface area contributed by atoms with Crippen LogP contribution in [0.2, 0.25) is 0 Å². The van der Waals surface area contributed by atoms with E-state index >= 15 is 0 Å². The number of hydrogen-bond acceptors (Lipinski definition) is 6. The number of carbonyl (C=O) groups is 3. The first kappa shape index (κ1) is 17.2. The lowest BCUT2D eigenvalue weighted by Crippen LogP contribution is -2.34. The number of hydrogen-bond donors (Lipinski definition) is 1. The summed E-state index contributed by atoms with van der Waals surface area (Å²) in [6.07, 6.45) is 0. The maximum absolute atomic E-state index is 12.5. The fraction of sp³-hybridized carbons (Fsp3) is 0.111. The predicted octanol–water partition coefficient (Wildman–Crippen LogP) is 2.90. The molecular weight excluding hydrogens is 336 g/mol. The molecule has 8 heteroatoms. The van der Waals surface area contributed by atoms with Crippen LogP contribution in [0.4, 0.5) is 5.69 Å². The lowest BCUT2D eigenvalue weighted by atomic mass is 10.2. The highest BCUT2D eigenvalue weighted by Gasteiger charge is 2.38. The van der Waals surface area contributed by atoms with Crippen LogP contribution in [0.3, 0.4) is 0 Å². The summed E-state index contributed by atoms with van der Waals surface area (Å²) in [4.78, 5) is 36.1. The van der Waals surface area contributed by atoms with Gasteiger partial charge in [-0.3, -0.25) is 9.59 Å². The Hall–Kier alpha value is -3.68. The summed E-state index contributed by atoms with van der Waals surface area (Å²) in [6, 6.07) is 13.3. The molecule has 3 rings (SSSR count). The molecule has 130 valence electrons. The minimum atomic E-state index is -1.15. The van der Waals surface area contributed by atoms with Crippen LogP contribution in [0.25, 0.3) is 0 Å². The zero-order chi connectivity index (χ0) is 18.7. The van der Waals surface area contributed by atoms with Crippen molar-refractivity contribution in [3.63, 3.8) is 0 Å². The highest BCUT2D eigenvalue weighted by molar-refractivity contribution is 6.18. The van der Waals surface area contributed by atoms with Crippen molar-refractivity contribution in [1.29, 1.82) is 0 Å². The van der Waals surface area contributed by atoms with Crippen molar-refractivity contribution in [2.24, 2.45) is 15.3 Å². The van der Waals surface area contributed by atoms with E-state index in [0.717, 1.165) is 5.01 Å². The van der Waals surface area contributed by atoms with Crippen LogP contribution in [0.5, 0.6) is 0 Å². The Morgan fingerprint density at radius 3 is 2.42 bits per heavy atom. The van der Waals surface area contributed by atoms with Crippen LogP contribution in [0, 0.1) is 0 Å². The van der Waals surface area contributed by atoms with Crippen LogP contribution in [0.15, 0.2) is 69.9 Å². The van der Waals surface area contributed by atoms with Crippen molar-refractivity contribution in [2.45, 2.75) is 13.0 Å². The fourth-order valence-electron chi connectivity index (χ4n) is 2.40. The molecule has 2 aromatic rings. The molecule has 0 saturated heterocycles. The van der Waals surface area contributed by atoms with Crippen LogP contribution in [0.1, 0.15) is 27.6 Å². The molecule has 0 unspecified atom stereocenters. The molecule has 0 aliphatic carbocycles. The van der Waals surface area contributed by atoms with Gasteiger partial charge in [-0.2, -0.15) is 20.3 Å². The van der Waals surface area contributed by atoms with Gasteiger partial charge in [0.05, 0.1) is 17.0 Å². The van der Waals surface area contributed by atoms with Crippen molar-refractivity contribution in [3.05, 3.63) is 65.7 Å². The van der Waals surface area contributed by atoms with E-state index < -0.39 is 23.8 Å². The first-order valence-corrected chi connectivity index (χ1v) is 7.70. The smallest absolute Gasteiger partial charge is 0.337 e. The summed E-state index contributed by atoms with van der Waals surface area (Å²) >= 11 is 0. The van der Waals surface area contributed by atoms with Gasteiger partial charge in [0, 0.05) is 5.56 Å². The van der Waals surface area contributed by atoms with Crippen LogP contribution in [-0.4, -0.2) is 39.7 Å². The molecule has 1 atom stereocenters. The molecule has 26 heavy (non-hydrogen) atoms. The summed E-state index contributed by atoms with van der Waals surface area (Å²) in [7, 11) is 0. The van der Waals surface area contributed by atoms with E-state index in [0.29, 0.717) is 11.3 Å². The topological polar surface area (TPSA) is 112 Å². The van der Waals surface area contributed by atoms with Crippen LogP contribution < -0.4 is 0 Å². The van der Waals surface area contributed by atoms with Gasteiger partial charge in [0.15, 0.2) is 6.04 Å². The van der Waals surface area contributed by atoms with E-state index in [1.54, 1.807) is 49.4 Å². The van der Waals surface area contributed by atoms with E-state index in [-0.39, 0.29) is 11.3 Å². The number of azo groups is 1. The highest BCUT2D eigenvalue weighted by atomic mass is 16.4. The summed E-state index contributed by atoms with van der Waals surface area (Å²) in [5.41, 5.74) is 0.712. The first-order valence-electron chi connectivity index (χ1n) is 7.70. The molecule has 2 aromatic carbocycles. The third-order valence-electron chi connectivity index (χ3n) is 3.72. The zero-order valence-corrected chi connectivity index (χ0v) is 13.7. The summed E-state index contributed by atoms with van der Waals surface area (Å²) in [5.74, 6) is -2.34.